The van der Waals surface area contributed by atoms with E-state index in [4.69, 9.17) is 0 Å². The summed E-state index contributed by atoms with van der Waals surface area (Å²) in [6.45, 7) is 9.99. The molecule has 1 aliphatic heterocycles. The fourth-order valence-electron chi connectivity index (χ4n) is 2.55. The largest absolute Gasteiger partial charge is 0.356 e. The van der Waals surface area contributed by atoms with Gasteiger partial charge in [-0.2, -0.15) is 0 Å². The quantitative estimate of drug-likeness (QED) is 0.786. The van der Waals surface area contributed by atoms with Crippen molar-refractivity contribution >= 4 is 11.8 Å². The Morgan fingerprint density at radius 2 is 2.10 bits per heavy atom. The zero-order chi connectivity index (χ0) is 15.1. The average molecular weight is 280 g/mol. The molecule has 0 aromatic rings. The summed E-state index contributed by atoms with van der Waals surface area (Å²) in [6, 6.07) is 0. The van der Waals surface area contributed by atoms with Crippen LogP contribution in [0.2, 0.25) is 0 Å². The molecule has 0 saturated carbocycles. The van der Waals surface area contributed by atoms with E-state index in [1.165, 1.54) is 0 Å². The van der Waals surface area contributed by atoms with Crippen molar-refractivity contribution in [1.82, 2.24) is 10.2 Å². The molecule has 114 valence electrons. The number of carbonyl (C=O) groups excluding carboxylic acids is 2. The van der Waals surface area contributed by atoms with Crippen molar-refractivity contribution in [3.8, 4) is 0 Å². The molecule has 0 spiro atoms. The minimum atomic E-state index is 0.0195. The molecule has 0 aromatic heterocycles. The van der Waals surface area contributed by atoms with Gasteiger partial charge in [-0.25, -0.2) is 0 Å². The van der Waals surface area contributed by atoms with E-state index in [2.05, 4.69) is 5.32 Å². The predicted octanol–water partition coefficient (Wildman–Crippen LogP) is 2.35. The molecule has 1 atom stereocenters. The number of piperidine rings is 1. The molecule has 1 N–H and O–H groups in total. The topological polar surface area (TPSA) is 49.4 Å². The highest BCUT2D eigenvalue weighted by atomic mass is 16.2. The van der Waals surface area contributed by atoms with E-state index in [-0.39, 0.29) is 17.7 Å². The Kier molecular flexibility index (Phi) is 6.76. The van der Waals surface area contributed by atoms with Crippen LogP contribution in [0.5, 0.6) is 0 Å². The molecule has 20 heavy (non-hydrogen) atoms. The Labute approximate surface area is 122 Å². The maximum Gasteiger partial charge on any atom is 0.249 e. The maximum atomic E-state index is 12.3. The zero-order valence-electron chi connectivity index (χ0n) is 13.2. The number of allylic oxidation sites excluding steroid dienone is 1. The highest BCUT2D eigenvalue weighted by Gasteiger charge is 2.25. The van der Waals surface area contributed by atoms with Gasteiger partial charge in [0, 0.05) is 31.1 Å². The minimum Gasteiger partial charge on any atom is -0.356 e. The minimum absolute atomic E-state index is 0.0195. The van der Waals surface area contributed by atoms with Crippen molar-refractivity contribution in [1.29, 1.82) is 0 Å². The van der Waals surface area contributed by atoms with Gasteiger partial charge in [-0.05, 0) is 32.1 Å². The van der Waals surface area contributed by atoms with Gasteiger partial charge in [-0.3, -0.25) is 9.59 Å². The molecule has 2 amide bonds. The number of hydrogen-bond acceptors (Lipinski definition) is 2. The van der Waals surface area contributed by atoms with Gasteiger partial charge >= 0.3 is 0 Å². The second kappa shape index (κ2) is 8.08. The number of amides is 2. The lowest BCUT2D eigenvalue weighted by atomic mass is 9.96. The molecule has 4 nitrogen and oxygen atoms in total. The number of likely N-dealkylation sites (tertiary alicyclic amines) is 1. The lowest BCUT2D eigenvalue weighted by Crippen LogP contribution is -2.44. The monoisotopic (exact) mass is 280 g/mol. The Hall–Kier alpha value is -1.32. The van der Waals surface area contributed by atoms with E-state index in [0.29, 0.717) is 12.5 Å². The third kappa shape index (κ3) is 4.66. The van der Waals surface area contributed by atoms with Crippen molar-refractivity contribution in [2.45, 2.75) is 47.0 Å². The van der Waals surface area contributed by atoms with Gasteiger partial charge in [0.05, 0.1) is 0 Å². The summed E-state index contributed by atoms with van der Waals surface area (Å²) in [5, 5.41) is 2.98. The predicted molar refractivity (Wildman–Crippen MR) is 81.2 cm³/mol. The normalized spacial score (nSPS) is 20.1. The third-order valence-corrected chi connectivity index (χ3v) is 3.90. The van der Waals surface area contributed by atoms with Crippen molar-refractivity contribution in [2.75, 3.05) is 19.6 Å². The molecule has 1 rings (SSSR count). The third-order valence-electron chi connectivity index (χ3n) is 3.90. The number of nitrogens with zero attached hydrogens (tertiary/aromatic N) is 1. The van der Waals surface area contributed by atoms with Gasteiger partial charge < -0.3 is 10.2 Å². The number of carbonyl (C=O) groups is 2. The first-order valence-corrected chi connectivity index (χ1v) is 7.71. The number of rotatable bonds is 5. The fraction of sp³-hybridized carbons (Fsp3) is 0.750. The smallest absolute Gasteiger partial charge is 0.249 e. The summed E-state index contributed by atoms with van der Waals surface area (Å²) < 4.78 is 0. The lowest BCUT2D eigenvalue weighted by molar-refractivity contribution is -0.129. The number of nitrogens with one attached hydrogen (secondary N) is 1. The Morgan fingerprint density at radius 1 is 1.40 bits per heavy atom. The van der Waals surface area contributed by atoms with Crippen LogP contribution in [0.25, 0.3) is 0 Å². The summed E-state index contributed by atoms with van der Waals surface area (Å²) in [5.74, 6) is 0.655. The van der Waals surface area contributed by atoms with E-state index in [1.807, 2.05) is 38.7 Å². The van der Waals surface area contributed by atoms with E-state index in [9.17, 15) is 9.59 Å². The first kappa shape index (κ1) is 16.7. The average Bonchev–Trinajstić information content (AvgIpc) is 2.46. The standard InChI is InChI=1S/C16H28N2O2/c1-5-14(6-2)16(20)18-9-7-8-13(11-18)10-17-15(19)12(3)4/h5,12-13H,6-11H2,1-4H3,(H,17,19). The van der Waals surface area contributed by atoms with Gasteiger partial charge in [-0.15, -0.1) is 0 Å². The van der Waals surface area contributed by atoms with Crippen molar-refractivity contribution < 1.29 is 9.59 Å². The molecule has 1 unspecified atom stereocenters. The summed E-state index contributed by atoms with van der Waals surface area (Å²) in [7, 11) is 0. The molecular weight excluding hydrogens is 252 g/mol. The van der Waals surface area contributed by atoms with Gasteiger partial charge in [0.15, 0.2) is 0 Å². The molecule has 0 aliphatic carbocycles. The lowest BCUT2D eigenvalue weighted by Gasteiger charge is -2.33. The summed E-state index contributed by atoms with van der Waals surface area (Å²) in [6.07, 6.45) is 4.79. The van der Waals surface area contributed by atoms with E-state index in [1.54, 1.807) is 0 Å². The van der Waals surface area contributed by atoms with Crippen LogP contribution in [0.1, 0.15) is 47.0 Å². The Balaban J connectivity index is 2.50. The van der Waals surface area contributed by atoms with Gasteiger partial charge in [0.2, 0.25) is 11.8 Å². The summed E-state index contributed by atoms with van der Waals surface area (Å²) in [5.41, 5.74) is 0.886. The highest BCUT2D eigenvalue weighted by Crippen LogP contribution is 2.18. The molecule has 1 heterocycles. The van der Waals surface area contributed by atoms with E-state index >= 15 is 0 Å². The van der Waals surface area contributed by atoms with Crippen LogP contribution in [0.4, 0.5) is 0 Å². The highest BCUT2D eigenvalue weighted by molar-refractivity contribution is 5.93. The molecule has 0 radical (unpaired) electrons. The van der Waals surface area contributed by atoms with Crippen LogP contribution in [-0.4, -0.2) is 36.3 Å². The number of hydrogen-bond donors (Lipinski definition) is 1. The summed E-state index contributed by atoms with van der Waals surface area (Å²) in [4.78, 5) is 25.9. The maximum absolute atomic E-state index is 12.3. The van der Waals surface area contributed by atoms with E-state index < -0.39 is 0 Å². The van der Waals surface area contributed by atoms with Crippen LogP contribution >= 0.6 is 0 Å². The second-order valence-electron chi connectivity index (χ2n) is 5.83. The van der Waals surface area contributed by atoms with Crippen molar-refractivity contribution in [2.24, 2.45) is 11.8 Å². The summed E-state index contributed by atoms with van der Waals surface area (Å²) >= 11 is 0. The van der Waals surface area contributed by atoms with Gasteiger partial charge in [0.1, 0.15) is 0 Å². The molecule has 0 bridgehead atoms. The Morgan fingerprint density at radius 3 is 2.65 bits per heavy atom. The fourth-order valence-corrected chi connectivity index (χ4v) is 2.55. The van der Waals surface area contributed by atoms with Crippen LogP contribution in [0, 0.1) is 11.8 Å². The van der Waals surface area contributed by atoms with Crippen LogP contribution in [0.15, 0.2) is 11.6 Å². The van der Waals surface area contributed by atoms with Crippen LogP contribution in [-0.2, 0) is 9.59 Å². The SMILES string of the molecule is CC=C(CC)C(=O)N1CCCC(CNC(=O)C(C)C)C1. The Bertz CT molecular complexity index is 375. The molecule has 1 aliphatic rings. The van der Waals surface area contributed by atoms with Crippen LogP contribution in [0.3, 0.4) is 0 Å². The van der Waals surface area contributed by atoms with Crippen molar-refractivity contribution in [3.63, 3.8) is 0 Å². The first-order valence-electron chi connectivity index (χ1n) is 7.71. The van der Waals surface area contributed by atoms with Gasteiger partial charge in [-0.1, -0.05) is 26.8 Å². The van der Waals surface area contributed by atoms with Gasteiger partial charge in [0.25, 0.3) is 0 Å². The van der Waals surface area contributed by atoms with Crippen LogP contribution < -0.4 is 5.32 Å². The van der Waals surface area contributed by atoms with Crippen molar-refractivity contribution in [3.05, 3.63) is 11.6 Å². The van der Waals surface area contributed by atoms with E-state index in [0.717, 1.165) is 37.9 Å². The zero-order valence-corrected chi connectivity index (χ0v) is 13.2. The molecule has 1 fully saturated rings. The molecule has 0 aromatic carbocycles. The second-order valence-corrected chi connectivity index (χ2v) is 5.83. The first-order chi connectivity index (χ1) is 9.49. The molecular formula is C16H28N2O2. The molecule has 1 saturated heterocycles. The molecule has 4 heteroatoms.